The molecule has 1 aromatic heterocycles. The van der Waals surface area contributed by atoms with E-state index in [9.17, 15) is 4.79 Å². The molecule has 1 heterocycles. The van der Waals surface area contributed by atoms with Crippen LogP contribution >= 0.6 is 0 Å². The van der Waals surface area contributed by atoms with Crippen molar-refractivity contribution in [3.63, 3.8) is 0 Å². The Bertz CT molecular complexity index is 888. The maximum absolute atomic E-state index is 12.4. The summed E-state index contributed by atoms with van der Waals surface area (Å²) in [6, 6.07) is 7.57. The third-order valence-corrected chi connectivity index (χ3v) is 4.90. The van der Waals surface area contributed by atoms with Crippen LogP contribution in [-0.4, -0.2) is 42.2 Å². The molecule has 0 bridgehead atoms. The molecule has 0 spiro atoms. The van der Waals surface area contributed by atoms with Crippen LogP contribution in [0.5, 0.6) is 17.4 Å². The summed E-state index contributed by atoms with van der Waals surface area (Å²) in [7, 11) is 3.15. The average Bonchev–Trinajstić information content (AvgIpc) is 2.75. The van der Waals surface area contributed by atoms with Crippen molar-refractivity contribution < 1.29 is 19.0 Å². The molecule has 1 fully saturated rings. The molecule has 2 aromatic rings. The molecule has 1 amide bonds. The molecule has 1 N–H and O–H groups in total. The van der Waals surface area contributed by atoms with Gasteiger partial charge in [0.25, 0.3) is 5.88 Å². The first kappa shape index (κ1) is 20.4. The van der Waals surface area contributed by atoms with Crippen LogP contribution in [0.1, 0.15) is 36.9 Å². The van der Waals surface area contributed by atoms with Gasteiger partial charge in [0.05, 0.1) is 20.6 Å². The lowest BCUT2D eigenvalue weighted by atomic mass is 9.92. The van der Waals surface area contributed by atoms with Gasteiger partial charge in [-0.3, -0.25) is 4.79 Å². The highest BCUT2D eigenvalue weighted by atomic mass is 16.5. The minimum atomic E-state index is -0.0298. The number of amides is 1. The number of carbonyl (C=O) groups is 1. The first-order chi connectivity index (χ1) is 14.1. The number of nitrogens with zero attached hydrogens (tertiary/aromatic N) is 3. The molecule has 0 saturated heterocycles. The lowest BCUT2D eigenvalue weighted by molar-refractivity contribution is -0.121. The number of ether oxygens (including phenoxy) is 3. The quantitative estimate of drug-likeness (QED) is 0.766. The Kier molecular flexibility index (Phi) is 6.85. The molecule has 0 aliphatic heterocycles. The third-order valence-electron chi connectivity index (χ3n) is 4.90. The number of nitrogens with one attached hydrogen (secondary N) is 1. The van der Waals surface area contributed by atoms with Gasteiger partial charge in [0.2, 0.25) is 11.6 Å². The summed E-state index contributed by atoms with van der Waals surface area (Å²) in [4.78, 5) is 20.5. The molecular weight excluding hydrogens is 372 g/mol. The molecule has 152 valence electrons. The number of carbonyl (C=O) groups excluding carboxylic acids is 1. The first-order valence-corrected chi connectivity index (χ1v) is 9.51. The molecule has 1 aromatic carbocycles. The monoisotopic (exact) mass is 396 g/mol. The van der Waals surface area contributed by atoms with Crippen LogP contribution in [0, 0.1) is 11.3 Å². The SMILES string of the molecule is COc1ccc(CC(=O)NC2CCC(Oc3nccnc3C#N)CC2)cc1OC. The fraction of sp³-hybridized carbons (Fsp3) is 0.429. The second-order valence-corrected chi connectivity index (χ2v) is 6.85. The number of rotatable bonds is 7. The van der Waals surface area contributed by atoms with E-state index in [1.807, 2.05) is 18.2 Å². The predicted molar refractivity (Wildman–Crippen MR) is 105 cm³/mol. The van der Waals surface area contributed by atoms with Crippen molar-refractivity contribution in [3.05, 3.63) is 41.9 Å². The molecule has 3 rings (SSSR count). The zero-order valence-corrected chi connectivity index (χ0v) is 16.6. The van der Waals surface area contributed by atoms with Gasteiger partial charge in [0.1, 0.15) is 12.2 Å². The highest BCUT2D eigenvalue weighted by Crippen LogP contribution is 2.28. The number of hydrogen-bond donors (Lipinski definition) is 1. The van der Waals surface area contributed by atoms with E-state index in [0.717, 1.165) is 31.2 Å². The van der Waals surface area contributed by atoms with E-state index in [-0.39, 0.29) is 36.0 Å². The smallest absolute Gasteiger partial charge is 0.251 e. The van der Waals surface area contributed by atoms with E-state index in [4.69, 9.17) is 19.5 Å². The van der Waals surface area contributed by atoms with Gasteiger partial charge < -0.3 is 19.5 Å². The van der Waals surface area contributed by atoms with Gasteiger partial charge in [-0.1, -0.05) is 6.07 Å². The van der Waals surface area contributed by atoms with Crippen LogP contribution in [0.15, 0.2) is 30.6 Å². The van der Waals surface area contributed by atoms with E-state index >= 15 is 0 Å². The lowest BCUT2D eigenvalue weighted by Crippen LogP contribution is -2.40. The zero-order valence-electron chi connectivity index (χ0n) is 16.6. The van der Waals surface area contributed by atoms with Gasteiger partial charge in [-0.25, -0.2) is 9.97 Å². The highest BCUT2D eigenvalue weighted by molar-refractivity contribution is 5.79. The van der Waals surface area contributed by atoms with Crippen molar-refractivity contribution >= 4 is 5.91 Å². The largest absolute Gasteiger partial charge is 0.493 e. The van der Waals surface area contributed by atoms with Crippen LogP contribution in [0.2, 0.25) is 0 Å². The second kappa shape index (κ2) is 9.73. The maximum atomic E-state index is 12.4. The van der Waals surface area contributed by atoms with Crippen molar-refractivity contribution in [2.24, 2.45) is 0 Å². The summed E-state index contributed by atoms with van der Waals surface area (Å²) in [5.41, 5.74) is 1.06. The first-order valence-electron chi connectivity index (χ1n) is 9.51. The summed E-state index contributed by atoms with van der Waals surface area (Å²) < 4.78 is 16.3. The summed E-state index contributed by atoms with van der Waals surface area (Å²) >= 11 is 0. The average molecular weight is 396 g/mol. The van der Waals surface area contributed by atoms with Crippen LogP contribution in [0.25, 0.3) is 0 Å². The van der Waals surface area contributed by atoms with Gasteiger partial charge in [-0.15, -0.1) is 0 Å². The fourth-order valence-corrected chi connectivity index (χ4v) is 3.43. The summed E-state index contributed by atoms with van der Waals surface area (Å²) in [5.74, 6) is 1.49. The Hall–Kier alpha value is -3.34. The number of benzene rings is 1. The van der Waals surface area contributed by atoms with Crippen LogP contribution < -0.4 is 19.5 Å². The van der Waals surface area contributed by atoms with E-state index in [1.54, 1.807) is 20.3 Å². The van der Waals surface area contributed by atoms with Gasteiger partial charge in [0.15, 0.2) is 11.5 Å². The number of aromatic nitrogens is 2. The number of hydrogen-bond acceptors (Lipinski definition) is 7. The molecule has 0 atom stereocenters. The Morgan fingerprint density at radius 1 is 1.14 bits per heavy atom. The third kappa shape index (κ3) is 5.35. The predicted octanol–water partition coefficient (Wildman–Crippen LogP) is 2.41. The minimum Gasteiger partial charge on any atom is -0.493 e. The summed E-state index contributed by atoms with van der Waals surface area (Å²) in [6.07, 6.45) is 6.41. The molecule has 1 aliphatic rings. The Morgan fingerprint density at radius 3 is 2.55 bits per heavy atom. The van der Waals surface area contributed by atoms with E-state index in [1.165, 1.54) is 12.4 Å². The Labute approximate surface area is 169 Å². The van der Waals surface area contributed by atoms with Crippen LogP contribution in [0.4, 0.5) is 0 Å². The van der Waals surface area contributed by atoms with Gasteiger partial charge in [-0.05, 0) is 43.4 Å². The summed E-state index contributed by atoms with van der Waals surface area (Å²) in [5, 5.41) is 12.2. The molecule has 1 aliphatic carbocycles. The van der Waals surface area contributed by atoms with Crippen molar-refractivity contribution in [1.82, 2.24) is 15.3 Å². The number of nitriles is 1. The molecule has 8 nitrogen and oxygen atoms in total. The van der Waals surface area contributed by atoms with Crippen molar-refractivity contribution in [1.29, 1.82) is 5.26 Å². The lowest BCUT2D eigenvalue weighted by Gasteiger charge is -2.29. The van der Waals surface area contributed by atoms with Gasteiger partial charge >= 0.3 is 0 Å². The fourth-order valence-electron chi connectivity index (χ4n) is 3.43. The van der Waals surface area contributed by atoms with Crippen molar-refractivity contribution in [2.45, 2.75) is 44.2 Å². The molecule has 1 saturated carbocycles. The van der Waals surface area contributed by atoms with Crippen LogP contribution in [-0.2, 0) is 11.2 Å². The van der Waals surface area contributed by atoms with Crippen LogP contribution in [0.3, 0.4) is 0 Å². The topological polar surface area (TPSA) is 106 Å². The molecule has 0 unspecified atom stereocenters. The second-order valence-electron chi connectivity index (χ2n) is 6.85. The molecule has 29 heavy (non-hydrogen) atoms. The Morgan fingerprint density at radius 2 is 1.86 bits per heavy atom. The van der Waals surface area contributed by atoms with E-state index < -0.39 is 0 Å². The molecule has 8 heteroatoms. The van der Waals surface area contributed by atoms with Gasteiger partial charge in [-0.2, -0.15) is 5.26 Å². The molecule has 0 radical (unpaired) electrons. The van der Waals surface area contributed by atoms with Gasteiger partial charge in [0, 0.05) is 18.4 Å². The summed E-state index contributed by atoms with van der Waals surface area (Å²) in [6.45, 7) is 0. The zero-order chi connectivity index (χ0) is 20.6. The van der Waals surface area contributed by atoms with Crippen molar-refractivity contribution in [2.75, 3.05) is 14.2 Å². The highest BCUT2D eigenvalue weighted by Gasteiger charge is 2.25. The van der Waals surface area contributed by atoms with E-state index in [0.29, 0.717) is 11.5 Å². The minimum absolute atomic E-state index is 0.0257. The maximum Gasteiger partial charge on any atom is 0.251 e. The Balaban J connectivity index is 1.48. The standard InChI is InChI=1S/C21H24N4O4/c1-27-18-8-3-14(11-19(18)28-2)12-20(26)25-15-4-6-16(7-5-15)29-21-17(13-22)23-9-10-24-21/h3,8-11,15-16H,4-7,12H2,1-2H3,(H,25,26). The molecular formula is C21H24N4O4. The van der Waals surface area contributed by atoms with E-state index in [2.05, 4.69) is 15.3 Å². The van der Waals surface area contributed by atoms with Crippen molar-refractivity contribution in [3.8, 4) is 23.4 Å². The number of methoxy groups -OCH3 is 2. The normalized spacial score (nSPS) is 18.4.